The van der Waals surface area contributed by atoms with E-state index in [-0.39, 0.29) is 0 Å². The van der Waals surface area contributed by atoms with Gasteiger partial charge in [0.25, 0.3) is 0 Å². The number of methoxy groups -OCH3 is 1. The summed E-state index contributed by atoms with van der Waals surface area (Å²) in [5.74, 6) is 0.417. The molecule has 0 aliphatic carbocycles. The summed E-state index contributed by atoms with van der Waals surface area (Å²) in [5.41, 5.74) is 2.18. The first kappa shape index (κ1) is 12.7. The van der Waals surface area contributed by atoms with Crippen molar-refractivity contribution in [3.63, 3.8) is 0 Å². The fourth-order valence-electron chi connectivity index (χ4n) is 2.51. The zero-order chi connectivity index (χ0) is 15.3. The van der Waals surface area contributed by atoms with Crippen LogP contribution in [0.15, 0.2) is 30.9 Å². The van der Waals surface area contributed by atoms with Crippen LogP contribution in [0.25, 0.3) is 22.3 Å². The van der Waals surface area contributed by atoms with Gasteiger partial charge in [0.05, 0.1) is 18.9 Å². The first-order chi connectivity index (χ1) is 10.7. The second kappa shape index (κ2) is 4.48. The Morgan fingerprint density at radius 3 is 2.86 bits per heavy atom. The third-order valence-corrected chi connectivity index (χ3v) is 3.41. The van der Waals surface area contributed by atoms with Crippen molar-refractivity contribution in [2.75, 3.05) is 7.11 Å². The van der Waals surface area contributed by atoms with Gasteiger partial charge in [0.1, 0.15) is 17.7 Å². The number of hydrogen-bond acceptors (Lipinski definition) is 5. The molecule has 4 aromatic rings. The van der Waals surface area contributed by atoms with E-state index in [1.54, 1.807) is 29.8 Å². The first-order valence-corrected chi connectivity index (χ1v) is 6.56. The van der Waals surface area contributed by atoms with E-state index < -0.39 is 5.82 Å². The van der Waals surface area contributed by atoms with Gasteiger partial charge < -0.3 is 4.74 Å². The molecule has 0 fully saturated rings. The van der Waals surface area contributed by atoms with Crippen molar-refractivity contribution in [3.8, 4) is 17.0 Å². The highest BCUT2D eigenvalue weighted by atomic mass is 19.1. The summed E-state index contributed by atoms with van der Waals surface area (Å²) >= 11 is 0. The summed E-state index contributed by atoms with van der Waals surface area (Å²) in [7, 11) is 1.50. The molecule has 0 aliphatic heterocycles. The number of aromatic nitrogens is 6. The summed E-state index contributed by atoms with van der Waals surface area (Å²) in [4.78, 5) is 8.29. The number of halogens is 1. The summed E-state index contributed by atoms with van der Waals surface area (Å²) in [6.45, 7) is 1.72. The molecular weight excluding hydrogens is 287 g/mol. The lowest BCUT2D eigenvalue weighted by atomic mass is 10.1. The number of pyridine rings is 1. The molecule has 0 radical (unpaired) electrons. The molecule has 0 saturated heterocycles. The molecule has 0 aliphatic rings. The zero-order valence-electron chi connectivity index (χ0n) is 11.9. The molecule has 0 atom stereocenters. The van der Waals surface area contributed by atoms with E-state index in [0.29, 0.717) is 34.0 Å². The van der Waals surface area contributed by atoms with Crippen molar-refractivity contribution in [2.45, 2.75) is 6.92 Å². The average molecular weight is 298 g/mol. The SMILES string of the molecule is COc1nc(C)nn2cc(F)c(-c3ccc4ncnn4c3)c12. The molecule has 0 spiro atoms. The molecule has 0 saturated carbocycles. The van der Waals surface area contributed by atoms with Crippen LogP contribution in [-0.4, -0.2) is 36.3 Å². The Hall–Kier alpha value is -3.03. The number of hydrogen-bond donors (Lipinski definition) is 0. The van der Waals surface area contributed by atoms with Crippen molar-refractivity contribution >= 4 is 11.2 Å². The van der Waals surface area contributed by atoms with E-state index in [4.69, 9.17) is 4.74 Å². The molecular formula is C14H11FN6O. The zero-order valence-corrected chi connectivity index (χ0v) is 11.9. The molecule has 0 unspecified atom stereocenters. The molecule has 110 valence electrons. The minimum Gasteiger partial charge on any atom is -0.479 e. The molecule has 0 aromatic carbocycles. The van der Waals surface area contributed by atoms with Crippen LogP contribution in [0.2, 0.25) is 0 Å². The highest BCUT2D eigenvalue weighted by Crippen LogP contribution is 2.33. The summed E-state index contributed by atoms with van der Waals surface area (Å²) in [6, 6.07) is 3.55. The predicted octanol–water partition coefficient (Wildman–Crippen LogP) is 1.90. The van der Waals surface area contributed by atoms with Gasteiger partial charge in [0.2, 0.25) is 5.88 Å². The van der Waals surface area contributed by atoms with E-state index in [0.717, 1.165) is 0 Å². The van der Waals surface area contributed by atoms with Gasteiger partial charge in [0.15, 0.2) is 11.5 Å². The molecule has 0 bridgehead atoms. The van der Waals surface area contributed by atoms with Gasteiger partial charge >= 0.3 is 0 Å². The predicted molar refractivity (Wildman–Crippen MR) is 76.2 cm³/mol. The quantitative estimate of drug-likeness (QED) is 0.565. The van der Waals surface area contributed by atoms with E-state index >= 15 is 0 Å². The normalized spacial score (nSPS) is 11.4. The van der Waals surface area contributed by atoms with Gasteiger partial charge in [-0.25, -0.2) is 18.4 Å². The number of rotatable bonds is 2. The lowest BCUT2D eigenvalue weighted by Crippen LogP contribution is -2.01. The van der Waals surface area contributed by atoms with Crippen LogP contribution in [0.1, 0.15) is 5.82 Å². The van der Waals surface area contributed by atoms with Gasteiger partial charge in [-0.05, 0) is 19.1 Å². The lowest BCUT2D eigenvalue weighted by molar-refractivity contribution is 0.397. The summed E-state index contributed by atoms with van der Waals surface area (Å²) in [6.07, 6.45) is 4.47. The minimum absolute atomic E-state index is 0.324. The first-order valence-electron chi connectivity index (χ1n) is 6.56. The Morgan fingerprint density at radius 1 is 1.18 bits per heavy atom. The van der Waals surface area contributed by atoms with Gasteiger partial charge in [-0.1, -0.05) is 0 Å². The van der Waals surface area contributed by atoms with Gasteiger partial charge in [-0.15, -0.1) is 0 Å². The molecule has 22 heavy (non-hydrogen) atoms. The maximum atomic E-state index is 14.5. The fraction of sp³-hybridized carbons (Fsp3) is 0.143. The molecule has 4 aromatic heterocycles. The van der Waals surface area contributed by atoms with Crippen molar-refractivity contribution in [2.24, 2.45) is 0 Å². The largest absolute Gasteiger partial charge is 0.479 e. The third-order valence-electron chi connectivity index (χ3n) is 3.41. The minimum atomic E-state index is -0.405. The number of nitrogens with zero attached hydrogens (tertiary/aromatic N) is 6. The van der Waals surface area contributed by atoms with Crippen LogP contribution < -0.4 is 4.74 Å². The van der Waals surface area contributed by atoms with Crippen LogP contribution in [0, 0.1) is 12.7 Å². The maximum absolute atomic E-state index is 14.5. The van der Waals surface area contributed by atoms with Crippen molar-refractivity contribution in [1.29, 1.82) is 0 Å². The standard InChI is InChI=1S/C14H11FN6O/c1-8-18-14(22-2)13-12(10(15)6-21(13)19-8)9-3-4-11-16-7-17-20(11)5-9/h3-7H,1-2H3. The molecule has 0 amide bonds. The molecule has 0 N–H and O–H groups in total. The van der Waals surface area contributed by atoms with Crippen LogP contribution in [0.3, 0.4) is 0 Å². The van der Waals surface area contributed by atoms with E-state index in [2.05, 4.69) is 20.2 Å². The van der Waals surface area contributed by atoms with Crippen LogP contribution in [-0.2, 0) is 0 Å². The van der Waals surface area contributed by atoms with E-state index in [1.807, 2.05) is 0 Å². The second-order valence-electron chi connectivity index (χ2n) is 4.79. The van der Waals surface area contributed by atoms with Crippen molar-refractivity contribution in [3.05, 3.63) is 42.5 Å². The van der Waals surface area contributed by atoms with Gasteiger partial charge in [-0.2, -0.15) is 15.2 Å². The van der Waals surface area contributed by atoms with E-state index in [1.165, 1.54) is 24.1 Å². The van der Waals surface area contributed by atoms with Crippen LogP contribution in [0.4, 0.5) is 4.39 Å². The Balaban J connectivity index is 2.06. The highest BCUT2D eigenvalue weighted by molar-refractivity contribution is 5.84. The average Bonchev–Trinajstić information content (AvgIpc) is 3.08. The van der Waals surface area contributed by atoms with Gasteiger partial charge in [0, 0.05) is 11.8 Å². The number of aryl methyl sites for hydroxylation is 1. The lowest BCUT2D eigenvalue weighted by Gasteiger charge is -2.06. The fourth-order valence-corrected chi connectivity index (χ4v) is 2.51. The number of ether oxygens (including phenoxy) is 1. The Morgan fingerprint density at radius 2 is 2.05 bits per heavy atom. The van der Waals surface area contributed by atoms with Crippen molar-refractivity contribution < 1.29 is 9.13 Å². The molecule has 7 nitrogen and oxygen atoms in total. The van der Waals surface area contributed by atoms with Crippen LogP contribution >= 0.6 is 0 Å². The monoisotopic (exact) mass is 298 g/mol. The topological polar surface area (TPSA) is 69.6 Å². The summed E-state index contributed by atoms with van der Waals surface area (Å²) in [5, 5.41) is 8.26. The second-order valence-corrected chi connectivity index (χ2v) is 4.79. The summed E-state index contributed by atoms with van der Waals surface area (Å²) < 4.78 is 22.8. The smallest absolute Gasteiger partial charge is 0.242 e. The number of fused-ring (bicyclic) bond motifs is 2. The van der Waals surface area contributed by atoms with Gasteiger partial charge in [-0.3, -0.25) is 0 Å². The van der Waals surface area contributed by atoms with E-state index in [9.17, 15) is 4.39 Å². The third kappa shape index (κ3) is 1.73. The molecule has 4 heterocycles. The van der Waals surface area contributed by atoms with Crippen molar-refractivity contribution in [1.82, 2.24) is 29.2 Å². The Labute approximate surface area is 124 Å². The Kier molecular flexibility index (Phi) is 2.59. The highest BCUT2D eigenvalue weighted by Gasteiger charge is 2.19. The maximum Gasteiger partial charge on any atom is 0.242 e. The molecule has 4 rings (SSSR count). The molecule has 8 heteroatoms. The Bertz CT molecular complexity index is 1010. The van der Waals surface area contributed by atoms with Crippen LogP contribution in [0.5, 0.6) is 5.88 Å².